The Hall–Kier alpha value is -2.92. The number of cyclic esters (lactones) is 1. The minimum absolute atomic E-state index is 0.0264. The third-order valence-electron chi connectivity index (χ3n) is 20.3. The Labute approximate surface area is 418 Å². The van der Waals surface area contributed by atoms with Crippen LogP contribution in [0, 0.1) is 87.3 Å². The first-order valence-corrected chi connectivity index (χ1v) is 28.4. The van der Waals surface area contributed by atoms with E-state index in [2.05, 4.69) is 25.0 Å². The van der Waals surface area contributed by atoms with Crippen molar-refractivity contribution in [1.82, 2.24) is 0 Å². The molecule has 10 atom stereocenters. The van der Waals surface area contributed by atoms with Crippen LogP contribution in [-0.4, -0.2) is 91.9 Å². The monoisotopic (exact) mass is 1020 g/mol. The van der Waals surface area contributed by atoms with Gasteiger partial charge in [0.15, 0.2) is 6.61 Å². The van der Waals surface area contributed by atoms with E-state index in [1.165, 1.54) is 20.3 Å². The Morgan fingerprint density at radius 2 is 1.37 bits per heavy atom. The molecule has 1 heterocycles. The zero-order valence-corrected chi connectivity index (χ0v) is 44.1. The minimum Gasteiger partial charge on any atom is -0.463 e. The minimum atomic E-state index is -5.45. The summed E-state index contributed by atoms with van der Waals surface area (Å²) in [5.41, 5.74) is -7.65. The summed E-state index contributed by atoms with van der Waals surface area (Å²) < 4.78 is 87.9. The van der Waals surface area contributed by atoms with E-state index in [1.807, 2.05) is 6.92 Å². The van der Waals surface area contributed by atoms with Crippen molar-refractivity contribution in [2.75, 3.05) is 20.3 Å². The first-order chi connectivity index (χ1) is 33.0. The van der Waals surface area contributed by atoms with E-state index in [-0.39, 0.29) is 67.8 Å². The van der Waals surface area contributed by atoms with Crippen LogP contribution in [0.2, 0.25) is 0 Å². The van der Waals surface area contributed by atoms with Gasteiger partial charge < -0.3 is 28.8 Å². The summed E-state index contributed by atoms with van der Waals surface area (Å²) in [6.45, 7) is 10.9. The fraction of sp³-hybridized carbons (Fsp3) is 0.907. The molecule has 1 saturated heterocycles. The van der Waals surface area contributed by atoms with Crippen LogP contribution in [0.15, 0.2) is 0 Å². The number of hydrogen-bond acceptors (Lipinski definition) is 14. The van der Waals surface area contributed by atoms with Crippen LogP contribution >= 0.6 is 0 Å². The summed E-state index contributed by atoms with van der Waals surface area (Å²) in [5, 5.41) is 7.11. The zero-order valence-electron chi connectivity index (χ0n) is 43.3. The number of halogens is 2. The zero-order chi connectivity index (χ0) is 51.5. The molecular formula is C54H80F2O14S. The van der Waals surface area contributed by atoms with Crippen molar-refractivity contribution < 1.29 is 74.1 Å². The van der Waals surface area contributed by atoms with Gasteiger partial charge in [-0.1, -0.05) is 20.8 Å². The number of rotatable bonds is 20. The molecular weight excluding hydrogens is 943 g/mol. The third kappa shape index (κ3) is 9.71. The Kier molecular flexibility index (Phi) is 13.7. The van der Waals surface area contributed by atoms with Gasteiger partial charge in [0, 0.05) is 12.8 Å². The van der Waals surface area contributed by atoms with Gasteiger partial charge in [0.1, 0.15) is 11.2 Å². The number of hydrogen-bond donors (Lipinski definition) is 1. The van der Waals surface area contributed by atoms with Crippen molar-refractivity contribution in [3.8, 4) is 0 Å². The molecule has 0 radical (unpaired) electrons. The van der Waals surface area contributed by atoms with Gasteiger partial charge >= 0.3 is 45.2 Å². The molecule has 0 spiro atoms. The SMILES string of the molecule is COS(=O)(=O)C(F)(F)COC(=O)C(C)(C)CC(C)(CC(CC(C)(CC1C2CCC(C2)C1C)C(=O)OC1(C(C)C)C2CC3CC(C2)CC1C3)C(=O)OC1CCOC1=O)C(=O)OC12CC3CC(CC(O)(C3)C1)C2. The Balaban J connectivity index is 1.08. The molecule has 10 aliphatic carbocycles. The molecule has 10 bridgehead atoms. The van der Waals surface area contributed by atoms with E-state index >= 15 is 14.4 Å². The fourth-order valence-corrected chi connectivity index (χ4v) is 18.2. The normalized spacial score (nSPS) is 40.0. The van der Waals surface area contributed by atoms with Crippen molar-refractivity contribution >= 4 is 40.0 Å². The van der Waals surface area contributed by atoms with Gasteiger partial charge in [-0.15, -0.1) is 0 Å². The number of carbonyl (C=O) groups excluding carboxylic acids is 5. The highest BCUT2D eigenvalue weighted by atomic mass is 32.2. The lowest BCUT2D eigenvalue weighted by Gasteiger charge is -2.62. The van der Waals surface area contributed by atoms with Gasteiger partial charge in [0.25, 0.3) is 0 Å². The number of esters is 5. The van der Waals surface area contributed by atoms with Gasteiger partial charge in [-0.3, -0.25) is 23.4 Å². The van der Waals surface area contributed by atoms with Crippen LogP contribution in [0.1, 0.15) is 170 Å². The van der Waals surface area contributed by atoms with Crippen molar-refractivity contribution in [2.24, 2.45) is 87.3 Å². The van der Waals surface area contributed by atoms with E-state index in [0.717, 1.165) is 51.4 Å². The Bertz CT molecular complexity index is 2180. The topological polar surface area (TPSA) is 195 Å². The number of ether oxygens (including phenoxy) is 5. The number of aliphatic hydroxyl groups is 1. The lowest BCUT2D eigenvalue weighted by molar-refractivity contribution is -0.234. The molecule has 10 saturated carbocycles. The molecule has 400 valence electrons. The molecule has 10 unspecified atom stereocenters. The van der Waals surface area contributed by atoms with E-state index < -0.39 is 103 Å². The van der Waals surface area contributed by atoms with Crippen molar-refractivity contribution in [3.05, 3.63) is 0 Å². The second-order valence-corrected chi connectivity index (χ2v) is 28.4. The highest BCUT2D eigenvalue weighted by Gasteiger charge is 2.64. The molecule has 0 aromatic rings. The number of alkyl halides is 2. The standard InChI is InChI=1S/C54H80F2O14S/c1-30(2)54(39-15-32-13-33(17-39)18-40(54)16-32)70-46(60)49(6,26-41-31(3)36-9-10-37(41)19-36)24-38(43(57)68-42-11-12-66-44(42)58)25-50(7,27-48(4,5)45(59)67-29-53(55,56)71(63,64)65-8)47(61)69-52-22-34-14-35(23-52)21-51(62,20-34)28-52/h30-42,62H,9-29H2,1-8H3. The molecule has 71 heavy (non-hydrogen) atoms. The van der Waals surface area contributed by atoms with Gasteiger partial charge in [-0.05, 0) is 202 Å². The summed E-state index contributed by atoms with van der Waals surface area (Å²) in [6.07, 6.45) is 10.2. The largest absolute Gasteiger partial charge is 0.463 e. The highest BCUT2D eigenvalue weighted by Crippen LogP contribution is 2.64. The Morgan fingerprint density at radius 1 is 0.789 bits per heavy atom. The maximum atomic E-state index is 15.8. The van der Waals surface area contributed by atoms with Gasteiger partial charge in [-0.2, -0.15) is 17.2 Å². The van der Waals surface area contributed by atoms with Crippen LogP contribution < -0.4 is 0 Å². The maximum absolute atomic E-state index is 15.8. The van der Waals surface area contributed by atoms with Crippen molar-refractivity contribution in [2.45, 2.75) is 199 Å². The molecule has 11 fully saturated rings. The summed E-state index contributed by atoms with van der Waals surface area (Å²) in [4.78, 5) is 73.2. The quantitative estimate of drug-likeness (QED) is 0.0690. The molecule has 17 heteroatoms. The van der Waals surface area contributed by atoms with Gasteiger partial charge in [-0.25, -0.2) is 4.79 Å². The number of carbonyl (C=O) groups is 5. The average molecular weight is 1020 g/mol. The van der Waals surface area contributed by atoms with Crippen LogP contribution in [0.3, 0.4) is 0 Å². The second kappa shape index (κ2) is 18.4. The lowest BCUT2D eigenvalue weighted by atomic mass is 9.47. The molecule has 0 amide bonds. The molecule has 1 N–H and O–H groups in total. The predicted octanol–water partition coefficient (Wildman–Crippen LogP) is 8.88. The molecule has 0 aromatic carbocycles. The fourth-order valence-electron chi connectivity index (χ4n) is 17.8. The van der Waals surface area contributed by atoms with Crippen LogP contribution in [0.5, 0.6) is 0 Å². The van der Waals surface area contributed by atoms with Crippen LogP contribution in [-0.2, 0) is 62.0 Å². The molecule has 0 aromatic heterocycles. The van der Waals surface area contributed by atoms with Crippen molar-refractivity contribution in [3.63, 3.8) is 0 Å². The first kappa shape index (κ1) is 52.9. The van der Waals surface area contributed by atoms with Gasteiger partial charge in [0.2, 0.25) is 6.10 Å². The van der Waals surface area contributed by atoms with Crippen LogP contribution in [0.25, 0.3) is 0 Å². The van der Waals surface area contributed by atoms with E-state index in [9.17, 15) is 31.9 Å². The Morgan fingerprint density at radius 3 is 1.90 bits per heavy atom. The van der Waals surface area contributed by atoms with Crippen LogP contribution in [0.4, 0.5) is 8.78 Å². The summed E-state index contributed by atoms with van der Waals surface area (Å²) >= 11 is 0. The van der Waals surface area contributed by atoms with E-state index in [1.54, 1.807) is 6.92 Å². The van der Waals surface area contributed by atoms with Gasteiger partial charge in [0.05, 0.1) is 41.5 Å². The first-order valence-electron chi connectivity index (χ1n) is 26.9. The molecule has 11 aliphatic rings. The smallest absolute Gasteiger partial charge is 0.403 e. The summed E-state index contributed by atoms with van der Waals surface area (Å²) in [7, 11) is -4.88. The molecule has 1 aliphatic heterocycles. The second-order valence-electron chi connectivity index (χ2n) is 26.5. The highest BCUT2D eigenvalue weighted by molar-refractivity contribution is 7.87. The van der Waals surface area contributed by atoms with E-state index in [4.69, 9.17) is 23.7 Å². The van der Waals surface area contributed by atoms with E-state index in [0.29, 0.717) is 68.8 Å². The summed E-state index contributed by atoms with van der Waals surface area (Å²) in [6, 6.07) is 0. The third-order valence-corrected chi connectivity index (χ3v) is 21.6. The molecule has 14 nitrogen and oxygen atoms in total. The maximum Gasteiger partial charge on any atom is 0.403 e. The van der Waals surface area contributed by atoms with Crippen molar-refractivity contribution in [1.29, 1.82) is 0 Å². The number of fused-ring (bicyclic) bond motifs is 2. The average Bonchev–Trinajstić information content (AvgIpc) is 3.99. The summed E-state index contributed by atoms with van der Waals surface area (Å²) in [5.74, 6) is -1.98. The predicted molar refractivity (Wildman–Crippen MR) is 252 cm³/mol. The lowest BCUT2D eigenvalue weighted by Crippen LogP contribution is -2.63. The molecule has 11 rings (SSSR count).